The van der Waals surface area contributed by atoms with Crippen LogP contribution in [0.4, 0.5) is 5.00 Å². The highest BCUT2D eigenvalue weighted by Crippen LogP contribution is 2.32. The zero-order chi connectivity index (χ0) is 23.1. The van der Waals surface area contributed by atoms with Gasteiger partial charge in [0.05, 0.1) is 25.8 Å². The van der Waals surface area contributed by atoms with E-state index in [1.54, 1.807) is 0 Å². The van der Waals surface area contributed by atoms with Gasteiger partial charge in [0.1, 0.15) is 5.00 Å². The van der Waals surface area contributed by atoms with Crippen LogP contribution in [0.25, 0.3) is 0 Å². The first-order valence-corrected chi connectivity index (χ1v) is 11.4. The molecule has 3 rings (SSSR count). The summed E-state index contributed by atoms with van der Waals surface area (Å²) in [6.45, 7) is 7.72. The molecule has 0 spiro atoms. The minimum atomic E-state index is -0.443. The van der Waals surface area contributed by atoms with Gasteiger partial charge >= 0.3 is 5.97 Å². The number of rotatable bonds is 8. The molecule has 2 N–H and O–H groups in total. The lowest BCUT2D eigenvalue weighted by molar-refractivity contribution is -0.123. The second-order valence-electron chi connectivity index (χ2n) is 7.84. The number of methoxy groups -OCH3 is 1. The van der Waals surface area contributed by atoms with Gasteiger partial charge in [-0.05, 0) is 25.0 Å². The fourth-order valence-electron chi connectivity index (χ4n) is 3.59. The van der Waals surface area contributed by atoms with E-state index < -0.39 is 5.97 Å². The Labute approximate surface area is 192 Å². The molecule has 1 aliphatic rings. The van der Waals surface area contributed by atoms with Gasteiger partial charge in [0.15, 0.2) is 0 Å². The first-order chi connectivity index (χ1) is 15.4. The lowest BCUT2D eigenvalue weighted by Gasteiger charge is -2.33. The average molecular weight is 459 g/mol. The summed E-state index contributed by atoms with van der Waals surface area (Å²) in [6, 6.07) is 9.82. The zero-order valence-corrected chi connectivity index (χ0v) is 19.6. The van der Waals surface area contributed by atoms with Crippen molar-refractivity contribution in [1.29, 1.82) is 0 Å². The Hall–Kier alpha value is -2.75. The molecule has 0 aliphatic carbocycles. The lowest BCUT2D eigenvalue weighted by Crippen LogP contribution is -2.50. The minimum Gasteiger partial charge on any atom is -0.465 e. The van der Waals surface area contributed by atoms with Crippen LogP contribution in [0.1, 0.15) is 26.4 Å². The van der Waals surface area contributed by atoms with Crippen molar-refractivity contribution in [2.45, 2.75) is 20.4 Å². The Balaban J connectivity index is 1.42. The van der Waals surface area contributed by atoms with E-state index >= 15 is 0 Å². The number of esters is 1. The van der Waals surface area contributed by atoms with Crippen molar-refractivity contribution in [2.75, 3.05) is 51.7 Å². The predicted molar refractivity (Wildman–Crippen MR) is 125 cm³/mol. The average Bonchev–Trinajstić information content (AvgIpc) is 3.06. The van der Waals surface area contributed by atoms with Crippen LogP contribution >= 0.6 is 11.3 Å². The molecule has 8 nitrogen and oxygen atoms in total. The SMILES string of the molecule is COC(=O)c1c(NC(=O)CN2CCN(CC(=O)NCc3ccccc3)CC2)sc(C)c1C. The molecule has 1 saturated heterocycles. The van der Waals surface area contributed by atoms with Crippen molar-refractivity contribution in [3.8, 4) is 0 Å². The molecule has 0 unspecified atom stereocenters. The highest BCUT2D eigenvalue weighted by atomic mass is 32.1. The Bertz CT molecular complexity index is 952. The topological polar surface area (TPSA) is 91.0 Å². The molecular weight excluding hydrogens is 428 g/mol. The molecule has 2 amide bonds. The molecule has 2 heterocycles. The number of anilines is 1. The third-order valence-electron chi connectivity index (χ3n) is 5.56. The zero-order valence-electron chi connectivity index (χ0n) is 18.8. The molecule has 0 saturated carbocycles. The summed E-state index contributed by atoms with van der Waals surface area (Å²) in [6.07, 6.45) is 0. The smallest absolute Gasteiger partial charge is 0.341 e. The fourth-order valence-corrected chi connectivity index (χ4v) is 4.66. The summed E-state index contributed by atoms with van der Waals surface area (Å²) >= 11 is 1.38. The maximum atomic E-state index is 12.6. The molecule has 9 heteroatoms. The lowest BCUT2D eigenvalue weighted by atomic mass is 10.1. The Kier molecular flexibility index (Phi) is 8.38. The van der Waals surface area contributed by atoms with Crippen molar-refractivity contribution < 1.29 is 19.1 Å². The summed E-state index contributed by atoms with van der Waals surface area (Å²) < 4.78 is 4.86. The molecule has 172 valence electrons. The van der Waals surface area contributed by atoms with E-state index in [4.69, 9.17) is 4.74 Å². The van der Waals surface area contributed by atoms with E-state index in [-0.39, 0.29) is 18.4 Å². The van der Waals surface area contributed by atoms with Crippen LogP contribution in [0.3, 0.4) is 0 Å². The number of ether oxygens (including phenoxy) is 1. The number of piperazine rings is 1. The van der Waals surface area contributed by atoms with E-state index in [1.807, 2.05) is 44.2 Å². The van der Waals surface area contributed by atoms with Gasteiger partial charge in [-0.1, -0.05) is 30.3 Å². The Morgan fingerprint density at radius 1 is 0.969 bits per heavy atom. The standard InChI is InChI=1S/C23H30N4O4S/c1-16-17(2)32-22(21(16)23(30)31-3)25-20(29)15-27-11-9-26(10-12-27)14-19(28)24-13-18-7-5-4-6-8-18/h4-8H,9-15H2,1-3H3,(H,24,28)(H,25,29). The number of hydrogen-bond acceptors (Lipinski definition) is 7. The number of carbonyl (C=O) groups excluding carboxylic acids is 3. The number of aryl methyl sites for hydroxylation is 1. The second-order valence-corrected chi connectivity index (χ2v) is 9.07. The van der Waals surface area contributed by atoms with Crippen LogP contribution in [0.5, 0.6) is 0 Å². The van der Waals surface area contributed by atoms with Gasteiger partial charge in [0.25, 0.3) is 0 Å². The van der Waals surface area contributed by atoms with Crippen molar-refractivity contribution in [1.82, 2.24) is 15.1 Å². The molecule has 1 aromatic carbocycles. The number of hydrogen-bond donors (Lipinski definition) is 2. The summed E-state index contributed by atoms with van der Waals surface area (Å²) in [5, 5.41) is 6.35. The van der Waals surface area contributed by atoms with Gasteiger partial charge in [0.2, 0.25) is 11.8 Å². The third kappa shape index (κ3) is 6.38. The normalized spacial score (nSPS) is 14.7. The van der Waals surface area contributed by atoms with E-state index in [1.165, 1.54) is 18.4 Å². The molecule has 0 radical (unpaired) electrons. The number of thiophene rings is 1. The van der Waals surface area contributed by atoms with Crippen molar-refractivity contribution in [3.63, 3.8) is 0 Å². The maximum absolute atomic E-state index is 12.6. The van der Waals surface area contributed by atoms with Crippen LogP contribution in [-0.2, 0) is 20.9 Å². The number of nitrogens with zero attached hydrogens (tertiary/aromatic N) is 2. The van der Waals surface area contributed by atoms with Gasteiger partial charge in [-0.2, -0.15) is 0 Å². The van der Waals surface area contributed by atoms with Gasteiger partial charge in [-0.15, -0.1) is 11.3 Å². The van der Waals surface area contributed by atoms with E-state index in [9.17, 15) is 14.4 Å². The van der Waals surface area contributed by atoms with Gasteiger partial charge in [0, 0.05) is 37.6 Å². The maximum Gasteiger partial charge on any atom is 0.341 e. The van der Waals surface area contributed by atoms with Crippen molar-refractivity contribution >= 4 is 34.1 Å². The van der Waals surface area contributed by atoms with Crippen LogP contribution < -0.4 is 10.6 Å². The molecule has 32 heavy (non-hydrogen) atoms. The summed E-state index contributed by atoms with van der Waals surface area (Å²) in [5.74, 6) is -0.606. The Morgan fingerprint density at radius 2 is 1.56 bits per heavy atom. The van der Waals surface area contributed by atoms with E-state index in [0.29, 0.717) is 36.7 Å². The van der Waals surface area contributed by atoms with Crippen molar-refractivity contribution in [3.05, 3.63) is 51.9 Å². The summed E-state index contributed by atoms with van der Waals surface area (Å²) in [7, 11) is 1.34. The summed E-state index contributed by atoms with van der Waals surface area (Å²) in [5.41, 5.74) is 2.33. The molecule has 1 aromatic heterocycles. The van der Waals surface area contributed by atoms with Gasteiger partial charge < -0.3 is 15.4 Å². The van der Waals surface area contributed by atoms with Crippen molar-refractivity contribution in [2.24, 2.45) is 0 Å². The molecule has 0 atom stereocenters. The quantitative estimate of drug-likeness (QED) is 0.589. The first kappa shape index (κ1) is 23.9. The molecule has 2 aromatic rings. The largest absolute Gasteiger partial charge is 0.465 e. The highest BCUT2D eigenvalue weighted by Gasteiger charge is 2.24. The second kappa shape index (κ2) is 11.2. The third-order valence-corrected chi connectivity index (χ3v) is 6.68. The van der Waals surface area contributed by atoms with Gasteiger partial charge in [-0.25, -0.2) is 4.79 Å². The van der Waals surface area contributed by atoms with E-state index in [0.717, 1.165) is 29.1 Å². The fraction of sp³-hybridized carbons (Fsp3) is 0.435. The molecule has 1 fully saturated rings. The van der Waals surface area contributed by atoms with E-state index in [2.05, 4.69) is 20.4 Å². The minimum absolute atomic E-state index is 0.00109. The van der Waals surface area contributed by atoms with Crippen LogP contribution in [0.15, 0.2) is 30.3 Å². The van der Waals surface area contributed by atoms with Crippen LogP contribution in [0.2, 0.25) is 0 Å². The van der Waals surface area contributed by atoms with Crippen LogP contribution in [0, 0.1) is 13.8 Å². The molecule has 1 aliphatic heterocycles. The number of amides is 2. The van der Waals surface area contributed by atoms with Crippen LogP contribution in [-0.4, -0.2) is 74.0 Å². The molecular formula is C23H30N4O4S. The molecule has 0 bridgehead atoms. The predicted octanol–water partition coefficient (Wildman–Crippen LogP) is 2.02. The van der Waals surface area contributed by atoms with Gasteiger partial charge in [-0.3, -0.25) is 19.4 Å². The highest BCUT2D eigenvalue weighted by molar-refractivity contribution is 7.16. The monoisotopic (exact) mass is 458 g/mol. The number of benzene rings is 1. The number of nitrogens with one attached hydrogen (secondary N) is 2. The first-order valence-electron chi connectivity index (χ1n) is 10.6. The Morgan fingerprint density at radius 3 is 2.16 bits per heavy atom. The number of carbonyl (C=O) groups is 3. The summed E-state index contributed by atoms with van der Waals surface area (Å²) in [4.78, 5) is 42.0.